The third-order valence-electron chi connectivity index (χ3n) is 12.7. The predicted molar refractivity (Wildman–Crippen MR) is 198 cm³/mol. The molecule has 3 rings (SSSR count). The molecule has 0 spiro atoms. The van der Waals surface area contributed by atoms with Gasteiger partial charge in [0, 0.05) is 31.8 Å². The Balaban J connectivity index is 2.20. The van der Waals surface area contributed by atoms with Crippen molar-refractivity contribution >= 4 is 5.97 Å². The van der Waals surface area contributed by atoms with Crippen molar-refractivity contribution in [3.63, 3.8) is 0 Å². The molecule has 12 nitrogen and oxygen atoms in total. The fourth-order valence-electron chi connectivity index (χ4n) is 9.10. The van der Waals surface area contributed by atoms with E-state index in [4.69, 9.17) is 28.4 Å². The molecule has 0 saturated carbocycles. The lowest BCUT2D eigenvalue weighted by molar-refractivity contribution is -0.903. The van der Waals surface area contributed by atoms with Crippen molar-refractivity contribution in [2.24, 2.45) is 29.1 Å². The van der Waals surface area contributed by atoms with Crippen molar-refractivity contribution in [3.8, 4) is 0 Å². The second-order valence-electron chi connectivity index (χ2n) is 18.4. The van der Waals surface area contributed by atoms with E-state index in [-0.39, 0.29) is 30.9 Å². The van der Waals surface area contributed by atoms with E-state index >= 15 is 0 Å². The summed E-state index contributed by atoms with van der Waals surface area (Å²) >= 11 is 0. The van der Waals surface area contributed by atoms with Crippen molar-refractivity contribution in [1.29, 1.82) is 0 Å². The fourth-order valence-corrected chi connectivity index (χ4v) is 9.10. The number of ether oxygens (including phenoxy) is 6. The summed E-state index contributed by atoms with van der Waals surface area (Å²) in [6.45, 7) is 25.0. The van der Waals surface area contributed by atoms with E-state index in [1.165, 1.54) is 14.0 Å². The summed E-state index contributed by atoms with van der Waals surface area (Å²) in [4.78, 5) is 14.2. The highest BCUT2D eigenvalue weighted by molar-refractivity contribution is 5.73. The highest BCUT2D eigenvalue weighted by atomic mass is 16.7. The van der Waals surface area contributed by atoms with Gasteiger partial charge in [-0.3, -0.25) is 4.79 Å². The number of methoxy groups -OCH3 is 1. The number of esters is 1. The number of carbonyl (C=O) groups is 1. The van der Waals surface area contributed by atoms with Gasteiger partial charge in [-0.2, -0.15) is 0 Å². The van der Waals surface area contributed by atoms with Crippen molar-refractivity contribution in [3.05, 3.63) is 12.2 Å². The van der Waals surface area contributed by atoms with Crippen LogP contribution in [0.4, 0.5) is 0 Å². The lowest BCUT2D eigenvalue weighted by Crippen LogP contribution is -2.62. The molecule has 8 unspecified atom stereocenters. The lowest BCUT2D eigenvalue weighted by atomic mass is 9.68. The third kappa shape index (κ3) is 9.60. The largest absolute Gasteiger partial charge is 0.459 e. The first-order valence-electron chi connectivity index (χ1n) is 19.4. The van der Waals surface area contributed by atoms with Gasteiger partial charge in [0.05, 0.1) is 63.2 Å². The molecule has 4 N–H and O–H groups in total. The first-order valence-corrected chi connectivity index (χ1v) is 19.4. The highest BCUT2D eigenvalue weighted by Crippen LogP contribution is 2.45. The summed E-state index contributed by atoms with van der Waals surface area (Å²) in [6.07, 6.45) is -6.62. The molecular formula is C40H74NO11+. The molecule has 3 aliphatic rings. The summed E-state index contributed by atoms with van der Waals surface area (Å²) in [5.74, 6) is -2.68. The number of rotatable bonds is 7. The van der Waals surface area contributed by atoms with Gasteiger partial charge in [0.15, 0.2) is 18.7 Å². The fraction of sp³-hybridized carbons (Fsp3) is 0.925. The Morgan fingerprint density at radius 1 is 0.904 bits per heavy atom. The van der Waals surface area contributed by atoms with Crippen LogP contribution in [0.15, 0.2) is 12.2 Å². The number of aliphatic hydroxyl groups excluding tert-OH is 3. The number of likely N-dealkylation sites (N-methyl/N-ethyl adjacent to an activating group) is 1. The Morgan fingerprint density at radius 3 is 2.04 bits per heavy atom. The molecule has 3 heterocycles. The second-order valence-corrected chi connectivity index (χ2v) is 18.4. The first kappa shape index (κ1) is 45.2. The van der Waals surface area contributed by atoms with E-state index in [1.807, 2.05) is 41.9 Å². The van der Waals surface area contributed by atoms with E-state index in [0.717, 1.165) is 5.57 Å². The van der Waals surface area contributed by atoms with Crippen LogP contribution in [0.3, 0.4) is 0 Å². The maximum atomic E-state index is 14.2. The van der Waals surface area contributed by atoms with Gasteiger partial charge in [0.2, 0.25) is 0 Å². The Labute approximate surface area is 313 Å². The quantitative estimate of drug-likeness (QED) is 0.169. The summed E-state index contributed by atoms with van der Waals surface area (Å²) in [7, 11) is 7.69. The van der Waals surface area contributed by atoms with Crippen LogP contribution in [0.5, 0.6) is 0 Å². The average Bonchev–Trinajstić information content (AvgIpc) is 3.05. The number of carbonyl (C=O) groups excluding carboxylic acids is 1. The van der Waals surface area contributed by atoms with Crippen LogP contribution >= 0.6 is 0 Å². The van der Waals surface area contributed by atoms with Gasteiger partial charge in [0.25, 0.3) is 0 Å². The maximum absolute atomic E-state index is 14.2. The number of quaternary nitrogens is 1. The lowest BCUT2D eigenvalue weighted by Gasteiger charge is -2.50. The van der Waals surface area contributed by atoms with Gasteiger partial charge in [-0.05, 0) is 58.8 Å². The van der Waals surface area contributed by atoms with Crippen LogP contribution in [-0.4, -0.2) is 138 Å². The Kier molecular flexibility index (Phi) is 14.7. The zero-order valence-electron chi connectivity index (χ0n) is 34.8. The standard InChI is InChI=1S/C40H74NO11/c1-17-29-40(12,46)33(43)24(5)23(4)21(2)19-38(9,10)35(52-37-31(42)28(41(13,14)15)18-22(3)48-37)25(6)32(26(7)36(45)50-29)51-30-20-39(11,47-16)34(44)27(8)49-30/h21-22,24-35,37,42-44,46H,4,17-20H2,1-3,5-16H3/q+1/t21-,22?,24+,25+,26-,27?,28?,29-,30?,31?,32+,33-,34?,35-,37?,39?,40-/m1/s1. The summed E-state index contributed by atoms with van der Waals surface area (Å²) in [5.41, 5.74) is -2.63. The topological polar surface area (TPSA) is 153 Å². The Bertz CT molecular complexity index is 1200. The SMILES string of the molecule is C=C1[C@H](C)CC(C)(C)[C@H](OC2OC(C)CC([N+](C)(C)C)C2O)[C@@H](C)[C@H](OC2CC(C)(OC)C(O)C(C)O2)[C@@H](C)C(=O)O[C@H](CC)[C@@](C)(O)[C@H](O)[C@H]1C. The van der Waals surface area contributed by atoms with Crippen LogP contribution in [0.1, 0.15) is 102 Å². The molecule has 3 fully saturated rings. The van der Waals surface area contributed by atoms with Crippen molar-refractivity contribution in [2.45, 2.75) is 181 Å². The number of hydrogen-bond acceptors (Lipinski definition) is 11. The molecule has 0 bridgehead atoms. The molecular weight excluding hydrogens is 670 g/mol. The third-order valence-corrected chi connectivity index (χ3v) is 12.7. The Morgan fingerprint density at radius 2 is 1.50 bits per heavy atom. The molecule has 0 aromatic carbocycles. The monoisotopic (exact) mass is 745 g/mol. The van der Waals surface area contributed by atoms with Crippen LogP contribution in [0.25, 0.3) is 0 Å². The second kappa shape index (κ2) is 16.9. The molecule has 3 aliphatic heterocycles. The first-order chi connectivity index (χ1) is 23.7. The van der Waals surface area contributed by atoms with Crippen LogP contribution < -0.4 is 0 Å². The molecule has 304 valence electrons. The molecule has 0 amide bonds. The predicted octanol–water partition coefficient (Wildman–Crippen LogP) is 4.19. The molecule has 0 radical (unpaired) electrons. The zero-order chi connectivity index (χ0) is 39.9. The van der Waals surface area contributed by atoms with Crippen molar-refractivity contribution < 1.29 is 58.1 Å². The van der Waals surface area contributed by atoms with E-state index < -0.39 is 95.6 Å². The molecule has 3 saturated heterocycles. The normalized spacial score (nSPS) is 47.4. The maximum Gasteiger partial charge on any atom is 0.311 e. The molecule has 17 atom stereocenters. The summed E-state index contributed by atoms with van der Waals surface area (Å²) in [5, 5.41) is 46.0. The van der Waals surface area contributed by atoms with Crippen molar-refractivity contribution in [2.75, 3.05) is 28.3 Å². The van der Waals surface area contributed by atoms with E-state index in [1.54, 1.807) is 27.7 Å². The Hall–Kier alpha value is -1.19. The minimum atomic E-state index is -1.77. The average molecular weight is 745 g/mol. The van der Waals surface area contributed by atoms with Crippen molar-refractivity contribution in [1.82, 2.24) is 0 Å². The van der Waals surface area contributed by atoms with E-state index in [0.29, 0.717) is 17.3 Å². The highest BCUT2D eigenvalue weighted by Gasteiger charge is 2.53. The number of aliphatic hydroxyl groups is 4. The number of hydrogen-bond donors (Lipinski definition) is 4. The molecule has 0 aliphatic carbocycles. The molecule has 0 aromatic rings. The van der Waals surface area contributed by atoms with Crippen LogP contribution in [0.2, 0.25) is 0 Å². The number of nitrogens with zero attached hydrogens (tertiary/aromatic N) is 1. The minimum Gasteiger partial charge on any atom is -0.459 e. The summed E-state index contributed by atoms with van der Waals surface area (Å²) < 4.78 is 38.7. The van der Waals surface area contributed by atoms with Gasteiger partial charge in [-0.15, -0.1) is 0 Å². The van der Waals surface area contributed by atoms with E-state index in [2.05, 4.69) is 27.4 Å². The smallest absolute Gasteiger partial charge is 0.311 e. The minimum absolute atomic E-state index is 0.127. The molecule has 0 aromatic heterocycles. The van der Waals surface area contributed by atoms with Crippen LogP contribution in [0, 0.1) is 29.1 Å². The van der Waals surface area contributed by atoms with Gasteiger partial charge >= 0.3 is 5.97 Å². The summed E-state index contributed by atoms with van der Waals surface area (Å²) in [6, 6.07) is -0.151. The number of cyclic esters (lactones) is 1. The van der Waals surface area contributed by atoms with Gasteiger partial charge in [0.1, 0.15) is 23.9 Å². The van der Waals surface area contributed by atoms with Gasteiger partial charge < -0.3 is 53.3 Å². The molecule has 52 heavy (non-hydrogen) atoms. The van der Waals surface area contributed by atoms with E-state index in [9.17, 15) is 25.2 Å². The zero-order valence-corrected chi connectivity index (χ0v) is 34.8. The van der Waals surface area contributed by atoms with Gasteiger partial charge in [-0.1, -0.05) is 53.7 Å². The molecule has 12 heteroatoms. The van der Waals surface area contributed by atoms with Gasteiger partial charge in [-0.25, -0.2) is 0 Å². The van der Waals surface area contributed by atoms with Crippen LogP contribution in [-0.2, 0) is 33.2 Å².